The third-order valence-electron chi connectivity index (χ3n) is 4.56. The van der Waals surface area contributed by atoms with Gasteiger partial charge in [0.25, 0.3) is 0 Å². The van der Waals surface area contributed by atoms with E-state index in [4.69, 9.17) is 4.98 Å². The Bertz CT molecular complexity index is 506. The maximum absolute atomic E-state index is 4.78. The second-order valence-corrected chi connectivity index (χ2v) is 7.08. The van der Waals surface area contributed by atoms with Crippen molar-refractivity contribution in [2.24, 2.45) is 5.92 Å². The second kappa shape index (κ2) is 5.88. The maximum Gasteiger partial charge on any atom is 0.136 e. The Kier molecular flexibility index (Phi) is 4.16. The topological polar surface area (TPSA) is 16.1 Å². The first-order chi connectivity index (χ1) is 9.69. The van der Waals surface area contributed by atoms with Gasteiger partial charge in [-0.3, -0.25) is 0 Å². The van der Waals surface area contributed by atoms with Crippen molar-refractivity contribution in [2.75, 3.05) is 10.2 Å². The fraction of sp³-hybridized carbons (Fsp3) is 0.588. The number of rotatable bonds is 4. The molecule has 2 nitrogen and oxygen atoms in total. The van der Waals surface area contributed by atoms with E-state index in [1.54, 1.807) is 0 Å². The number of hydrogen-bond donors (Lipinski definition) is 0. The molecule has 1 aliphatic carbocycles. The van der Waals surface area contributed by atoms with Crippen LogP contribution in [0.15, 0.2) is 24.5 Å². The Hall–Kier alpha value is -0.830. The molecule has 1 saturated carbocycles. The van der Waals surface area contributed by atoms with Crippen LogP contribution >= 0.6 is 15.9 Å². The van der Waals surface area contributed by atoms with E-state index in [-0.39, 0.29) is 0 Å². The highest BCUT2D eigenvalue weighted by atomic mass is 79.9. The summed E-state index contributed by atoms with van der Waals surface area (Å²) in [5.41, 5.74) is 4.05. The van der Waals surface area contributed by atoms with Gasteiger partial charge >= 0.3 is 0 Å². The van der Waals surface area contributed by atoms with Crippen molar-refractivity contribution in [1.29, 1.82) is 0 Å². The fourth-order valence-corrected chi connectivity index (χ4v) is 3.69. The first-order valence-electron chi connectivity index (χ1n) is 7.70. The van der Waals surface area contributed by atoms with E-state index >= 15 is 0 Å². The quantitative estimate of drug-likeness (QED) is 0.755. The van der Waals surface area contributed by atoms with Crippen LogP contribution in [0.3, 0.4) is 0 Å². The molecule has 0 aromatic carbocycles. The minimum Gasteiger partial charge on any atom is -0.327 e. The molecule has 0 unspecified atom stereocenters. The van der Waals surface area contributed by atoms with Gasteiger partial charge in [-0.2, -0.15) is 0 Å². The Morgan fingerprint density at radius 3 is 2.90 bits per heavy atom. The summed E-state index contributed by atoms with van der Waals surface area (Å²) < 4.78 is 0. The lowest BCUT2D eigenvalue weighted by atomic mass is 9.79. The molecule has 0 atom stereocenters. The van der Waals surface area contributed by atoms with Gasteiger partial charge in [0.05, 0.1) is 0 Å². The van der Waals surface area contributed by atoms with Crippen molar-refractivity contribution in [3.8, 4) is 0 Å². The molecule has 2 heterocycles. The van der Waals surface area contributed by atoms with Crippen molar-refractivity contribution < 1.29 is 0 Å². The van der Waals surface area contributed by atoms with E-state index in [9.17, 15) is 0 Å². The van der Waals surface area contributed by atoms with Gasteiger partial charge in [0, 0.05) is 23.3 Å². The van der Waals surface area contributed by atoms with Crippen LogP contribution in [-0.4, -0.2) is 16.4 Å². The van der Waals surface area contributed by atoms with E-state index in [0.29, 0.717) is 6.04 Å². The predicted molar refractivity (Wildman–Crippen MR) is 88.5 cm³/mol. The lowest BCUT2D eigenvalue weighted by molar-refractivity contribution is 0.278. The van der Waals surface area contributed by atoms with Gasteiger partial charge in [-0.05, 0) is 55.6 Å². The first-order valence-corrected chi connectivity index (χ1v) is 8.82. The predicted octanol–water partition coefficient (Wildman–Crippen LogP) is 4.47. The van der Waals surface area contributed by atoms with Crippen LogP contribution in [0.5, 0.6) is 0 Å². The molecule has 2 aliphatic rings. The number of fused-ring (bicyclic) bond motifs is 1. The highest BCUT2D eigenvalue weighted by Crippen LogP contribution is 2.40. The average molecular weight is 335 g/mol. The Balaban J connectivity index is 1.83. The second-order valence-electron chi connectivity index (χ2n) is 6.29. The first kappa shape index (κ1) is 14.1. The zero-order valence-corrected chi connectivity index (χ0v) is 13.8. The SMILES string of the molecule is C=C1CCc2cc(CCCBr)cnc2N1C1CC(C)C1. The minimum atomic E-state index is 0.637. The summed E-state index contributed by atoms with van der Waals surface area (Å²) >= 11 is 3.50. The number of allylic oxidation sites excluding steroid dienone is 1. The summed E-state index contributed by atoms with van der Waals surface area (Å²) in [7, 11) is 0. The lowest BCUT2D eigenvalue weighted by Gasteiger charge is -2.45. The smallest absolute Gasteiger partial charge is 0.136 e. The number of halogens is 1. The largest absolute Gasteiger partial charge is 0.327 e. The summed E-state index contributed by atoms with van der Waals surface area (Å²) in [6, 6.07) is 3.00. The van der Waals surface area contributed by atoms with Gasteiger partial charge in [-0.1, -0.05) is 35.5 Å². The Morgan fingerprint density at radius 1 is 1.40 bits per heavy atom. The highest BCUT2D eigenvalue weighted by Gasteiger charge is 2.35. The third kappa shape index (κ3) is 2.65. The molecule has 0 N–H and O–H groups in total. The van der Waals surface area contributed by atoms with Crippen molar-refractivity contribution in [3.05, 3.63) is 35.7 Å². The van der Waals surface area contributed by atoms with E-state index < -0.39 is 0 Å². The third-order valence-corrected chi connectivity index (χ3v) is 5.13. The average Bonchev–Trinajstić information content (AvgIpc) is 2.42. The van der Waals surface area contributed by atoms with Crippen LogP contribution < -0.4 is 4.90 Å². The minimum absolute atomic E-state index is 0.637. The molecule has 108 valence electrons. The molecule has 20 heavy (non-hydrogen) atoms. The summed E-state index contributed by atoms with van der Waals surface area (Å²) in [5.74, 6) is 2.04. The number of aromatic nitrogens is 1. The number of anilines is 1. The van der Waals surface area contributed by atoms with Crippen LogP contribution in [0.2, 0.25) is 0 Å². The zero-order valence-electron chi connectivity index (χ0n) is 12.2. The van der Waals surface area contributed by atoms with E-state index in [1.807, 2.05) is 0 Å². The summed E-state index contributed by atoms with van der Waals surface area (Å²) in [6.45, 7) is 6.61. The molecule has 0 bridgehead atoms. The molecule has 1 aromatic heterocycles. The number of aryl methyl sites for hydroxylation is 2. The van der Waals surface area contributed by atoms with Crippen molar-refractivity contribution in [1.82, 2.24) is 4.98 Å². The molecular weight excluding hydrogens is 312 g/mol. The highest BCUT2D eigenvalue weighted by molar-refractivity contribution is 9.09. The molecular formula is C17H23BrN2. The van der Waals surface area contributed by atoms with Gasteiger partial charge in [-0.15, -0.1) is 0 Å². The molecule has 0 spiro atoms. The molecule has 3 rings (SSSR count). The maximum atomic E-state index is 4.78. The Morgan fingerprint density at radius 2 is 2.20 bits per heavy atom. The van der Waals surface area contributed by atoms with Crippen LogP contribution in [0.1, 0.15) is 43.7 Å². The van der Waals surface area contributed by atoms with E-state index in [0.717, 1.165) is 30.5 Å². The van der Waals surface area contributed by atoms with Crippen LogP contribution in [0.25, 0.3) is 0 Å². The Labute approximate surface area is 130 Å². The fourth-order valence-electron chi connectivity index (χ4n) is 3.41. The van der Waals surface area contributed by atoms with Crippen LogP contribution in [0.4, 0.5) is 5.82 Å². The summed E-state index contributed by atoms with van der Waals surface area (Å²) in [4.78, 5) is 7.21. The number of hydrogen-bond acceptors (Lipinski definition) is 2. The number of pyridine rings is 1. The standard InChI is InChI=1S/C17H23BrN2/c1-12-8-16(9-12)20-13(2)5-6-15-10-14(4-3-7-18)11-19-17(15)20/h10-12,16H,2-9H2,1H3. The van der Waals surface area contributed by atoms with Gasteiger partial charge < -0.3 is 4.90 Å². The number of nitrogens with zero attached hydrogens (tertiary/aromatic N) is 2. The van der Waals surface area contributed by atoms with Crippen molar-refractivity contribution >= 4 is 21.7 Å². The molecule has 0 saturated heterocycles. The van der Waals surface area contributed by atoms with Gasteiger partial charge in [0.1, 0.15) is 5.82 Å². The summed E-state index contributed by atoms with van der Waals surface area (Å²) in [5, 5.41) is 1.06. The monoisotopic (exact) mass is 334 g/mol. The molecule has 1 fully saturated rings. The van der Waals surface area contributed by atoms with Crippen molar-refractivity contribution in [2.45, 2.75) is 51.5 Å². The molecule has 3 heteroatoms. The van der Waals surface area contributed by atoms with Gasteiger partial charge in [-0.25, -0.2) is 4.98 Å². The molecule has 1 aliphatic heterocycles. The summed E-state index contributed by atoms with van der Waals surface area (Å²) in [6.07, 6.45) is 9.11. The zero-order chi connectivity index (χ0) is 14.1. The number of alkyl halides is 1. The van der Waals surface area contributed by atoms with Crippen LogP contribution in [0, 0.1) is 5.92 Å². The molecule has 0 radical (unpaired) electrons. The van der Waals surface area contributed by atoms with E-state index in [1.165, 1.54) is 41.9 Å². The lowest BCUT2D eigenvalue weighted by Crippen LogP contribution is -2.45. The molecule has 1 aromatic rings. The van der Waals surface area contributed by atoms with E-state index in [2.05, 4.69) is 46.6 Å². The van der Waals surface area contributed by atoms with Gasteiger partial charge in [0.2, 0.25) is 0 Å². The van der Waals surface area contributed by atoms with Crippen molar-refractivity contribution in [3.63, 3.8) is 0 Å². The molecule has 0 amide bonds. The van der Waals surface area contributed by atoms with Crippen LogP contribution in [-0.2, 0) is 12.8 Å². The van der Waals surface area contributed by atoms with Gasteiger partial charge in [0.15, 0.2) is 0 Å². The normalized spacial score (nSPS) is 25.3.